The Hall–Kier alpha value is -2.67. The van der Waals surface area contributed by atoms with E-state index in [1.54, 1.807) is 18.2 Å². The molecule has 0 bridgehead atoms. The van der Waals surface area contributed by atoms with Crippen molar-refractivity contribution in [2.24, 2.45) is 0 Å². The summed E-state index contributed by atoms with van der Waals surface area (Å²) >= 11 is 0. The van der Waals surface area contributed by atoms with Gasteiger partial charge in [0.1, 0.15) is 48.8 Å². The molecule has 0 aliphatic carbocycles. The van der Waals surface area contributed by atoms with Crippen LogP contribution in [0.3, 0.4) is 0 Å². The van der Waals surface area contributed by atoms with E-state index in [4.69, 9.17) is 32.5 Å². The molecule has 0 radical (unpaired) electrons. The molecule has 9 atom stereocenters. The van der Waals surface area contributed by atoms with Crippen molar-refractivity contribution in [3.8, 4) is 5.75 Å². The zero-order valence-electron chi connectivity index (χ0n) is 22.7. The molecular formula is C27H34O15. The molecular weight excluding hydrogens is 564 g/mol. The number of hydrogen-bond acceptors (Lipinski definition) is 15. The van der Waals surface area contributed by atoms with E-state index in [0.29, 0.717) is 16.4 Å². The van der Waals surface area contributed by atoms with Gasteiger partial charge in [-0.2, -0.15) is 0 Å². The quantitative estimate of drug-likeness (QED) is 0.129. The van der Waals surface area contributed by atoms with Gasteiger partial charge in [0.05, 0.1) is 31.7 Å². The molecule has 4 heterocycles. The first kappa shape index (κ1) is 30.8. The third-order valence-electron chi connectivity index (χ3n) is 7.56. The van der Waals surface area contributed by atoms with E-state index in [-0.39, 0.29) is 17.9 Å². The first-order valence-corrected chi connectivity index (χ1v) is 13.2. The van der Waals surface area contributed by atoms with Crippen molar-refractivity contribution >= 4 is 21.9 Å². The number of rotatable bonds is 10. The normalized spacial score (nSPS) is 32.9. The van der Waals surface area contributed by atoms with Crippen LogP contribution in [0.2, 0.25) is 0 Å². The molecule has 0 amide bonds. The minimum Gasteiger partial charge on any atom is -0.483 e. The van der Waals surface area contributed by atoms with Crippen LogP contribution in [-0.2, 0) is 18.9 Å². The van der Waals surface area contributed by atoms with Gasteiger partial charge in [-0.05, 0) is 32.0 Å². The molecule has 1 aromatic carbocycles. The minimum absolute atomic E-state index is 0.0918. The molecule has 42 heavy (non-hydrogen) atoms. The van der Waals surface area contributed by atoms with Crippen molar-refractivity contribution in [3.63, 3.8) is 0 Å². The molecule has 3 aromatic rings. The number of ether oxygens (including phenoxy) is 5. The molecule has 232 valence electrons. The van der Waals surface area contributed by atoms with Crippen LogP contribution in [0, 0.1) is 0 Å². The number of benzene rings is 1. The summed E-state index contributed by atoms with van der Waals surface area (Å²) in [5, 5.41) is 73.2. The SMILES string of the molecule is CC(C)(OC1OC(COC2OC[C@](O)(CO)C2O)C(O)C(O)C1O)C(O)COc1c2occc2cc2ccc(=O)oc12. The average Bonchev–Trinajstić information content (AvgIpc) is 3.54. The van der Waals surface area contributed by atoms with E-state index in [0.717, 1.165) is 0 Å². The highest BCUT2D eigenvalue weighted by Crippen LogP contribution is 2.36. The maximum absolute atomic E-state index is 11.9. The number of hydrogen-bond donors (Lipinski definition) is 7. The monoisotopic (exact) mass is 598 g/mol. The Bertz CT molecular complexity index is 1430. The van der Waals surface area contributed by atoms with Crippen LogP contribution < -0.4 is 10.4 Å². The lowest BCUT2D eigenvalue weighted by Crippen LogP contribution is -2.62. The summed E-state index contributed by atoms with van der Waals surface area (Å²) < 4.78 is 38.7. The topological polar surface area (TPSA) is 231 Å². The van der Waals surface area contributed by atoms with Crippen LogP contribution in [0.1, 0.15) is 13.8 Å². The fraction of sp³-hybridized carbons (Fsp3) is 0.593. The lowest BCUT2D eigenvalue weighted by molar-refractivity contribution is -0.337. The highest BCUT2D eigenvalue weighted by molar-refractivity contribution is 5.99. The second-order valence-electron chi connectivity index (χ2n) is 11.0. The van der Waals surface area contributed by atoms with Gasteiger partial charge in [0, 0.05) is 16.8 Å². The van der Waals surface area contributed by atoms with Gasteiger partial charge < -0.3 is 68.3 Å². The standard InChI is InChI=1S/C27H34O15/c1-26(2,15(29)9-37-22-20-13(5-6-36-20)7-12-3-4-16(30)41-21(12)22)42-24-19(33)18(32)17(31)14(40-24)8-38-25-23(34)27(35,10-28)11-39-25/h3-7,14-15,17-19,23-25,28-29,31-35H,8-11H2,1-2H3/t14?,15?,17?,18?,19?,23?,24?,25?,27-/m1/s1. The molecule has 0 saturated carbocycles. The van der Waals surface area contributed by atoms with E-state index in [9.17, 15) is 40.5 Å². The van der Waals surface area contributed by atoms with Crippen molar-refractivity contribution in [1.29, 1.82) is 0 Å². The second kappa shape index (κ2) is 11.8. The van der Waals surface area contributed by atoms with Crippen molar-refractivity contribution in [1.82, 2.24) is 0 Å². The molecule has 2 aliphatic heterocycles. The van der Waals surface area contributed by atoms with Crippen LogP contribution in [0.25, 0.3) is 21.9 Å². The van der Waals surface area contributed by atoms with Crippen LogP contribution in [0.15, 0.2) is 44.2 Å². The molecule has 15 heteroatoms. The zero-order valence-corrected chi connectivity index (χ0v) is 22.7. The molecule has 0 spiro atoms. The zero-order chi connectivity index (χ0) is 30.4. The van der Waals surface area contributed by atoms with Gasteiger partial charge in [0.15, 0.2) is 23.7 Å². The highest BCUT2D eigenvalue weighted by Gasteiger charge is 2.51. The Morgan fingerprint density at radius 2 is 1.79 bits per heavy atom. The molecule has 2 aliphatic rings. The fourth-order valence-electron chi connectivity index (χ4n) is 4.75. The summed E-state index contributed by atoms with van der Waals surface area (Å²) in [6.45, 7) is 0.923. The van der Waals surface area contributed by atoms with E-state index in [2.05, 4.69) is 0 Å². The Morgan fingerprint density at radius 3 is 2.50 bits per heavy atom. The lowest BCUT2D eigenvalue weighted by Gasteiger charge is -2.44. The second-order valence-corrected chi connectivity index (χ2v) is 11.0. The summed E-state index contributed by atoms with van der Waals surface area (Å²) in [6, 6.07) is 6.28. The fourth-order valence-corrected chi connectivity index (χ4v) is 4.75. The third-order valence-corrected chi connectivity index (χ3v) is 7.56. The van der Waals surface area contributed by atoms with Crippen molar-refractivity contribution in [2.75, 3.05) is 26.4 Å². The Labute approximate surface area is 238 Å². The van der Waals surface area contributed by atoms with Crippen LogP contribution in [0.4, 0.5) is 0 Å². The van der Waals surface area contributed by atoms with Gasteiger partial charge in [-0.15, -0.1) is 0 Å². The van der Waals surface area contributed by atoms with E-state index in [1.165, 1.54) is 26.2 Å². The summed E-state index contributed by atoms with van der Waals surface area (Å²) in [7, 11) is 0. The summed E-state index contributed by atoms with van der Waals surface area (Å²) in [6.07, 6.45) is -10.9. The summed E-state index contributed by atoms with van der Waals surface area (Å²) in [5.41, 5.74) is -3.60. The minimum atomic E-state index is -1.93. The first-order valence-electron chi connectivity index (χ1n) is 13.2. The lowest BCUT2D eigenvalue weighted by atomic mass is 9.97. The maximum atomic E-state index is 11.9. The average molecular weight is 599 g/mol. The Kier molecular flexibility index (Phi) is 8.63. The number of aliphatic hydroxyl groups is 7. The van der Waals surface area contributed by atoms with Crippen LogP contribution >= 0.6 is 0 Å². The molecule has 15 nitrogen and oxygen atoms in total. The Balaban J connectivity index is 1.25. The predicted molar refractivity (Wildman–Crippen MR) is 139 cm³/mol. The molecule has 7 N–H and O–H groups in total. The van der Waals surface area contributed by atoms with Gasteiger partial charge in [-0.25, -0.2) is 4.79 Å². The largest absolute Gasteiger partial charge is 0.483 e. The maximum Gasteiger partial charge on any atom is 0.336 e. The summed E-state index contributed by atoms with van der Waals surface area (Å²) in [5.74, 6) is 0.0918. The van der Waals surface area contributed by atoms with E-state index in [1.807, 2.05) is 0 Å². The smallest absolute Gasteiger partial charge is 0.336 e. The van der Waals surface area contributed by atoms with Gasteiger partial charge in [-0.3, -0.25) is 0 Å². The van der Waals surface area contributed by atoms with Crippen molar-refractivity contribution in [2.45, 2.75) is 74.3 Å². The summed E-state index contributed by atoms with van der Waals surface area (Å²) in [4.78, 5) is 11.9. The van der Waals surface area contributed by atoms with Gasteiger partial charge in [0.2, 0.25) is 5.75 Å². The molecule has 2 aromatic heterocycles. The highest BCUT2D eigenvalue weighted by atomic mass is 16.7. The van der Waals surface area contributed by atoms with Gasteiger partial charge in [0.25, 0.3) is 0 Å². The molecule has 8 unspecified atom stereocenters. The van der Waals surface area contributed by atoms with Crippen molar-refractivity contribution < 1.29 is 68.3 Å². The van der Waals surface area contributed by atoms with Crippen molar-refractivity contribution in [3.05, 3.63) is 40.9 Å². The number of aliphatic hydroxyl groups excluding tert-OH is 6. The van der Waals surface area contributed by atoms with Gasteiger partial charge >= 0.3 is 5.63 Å². The molecule has 2 saturated heterocycles. The predicted octanol–water partition coefficient (Wildman–Crippen LogP) is -1.66. The Morgan fingerprint density at radius 1 is 1.05 bits per heavy atom. The van der Waals surface area contributed by atoms with E-state index < -0.39 is 85.9 Å². The third kappa shape index (κ3) is 5.78. The van der Waals surface area contributed by atoms with E-state index >= 15 is 0 Å². The van der Waals surface area contributed by atoms with Crippen LogP contribution in [-0.4, -0.2) is 123 Å². The number of fused-ring (bicyclic) bond motifs is 2. The van der Waals surface area contributed by atoms with Crippen LogP contribution in [0.5, 0.6) is 5.75 Å². The molecule has 5 rings (SSSR count). The first-order chi connectivity index (χ1) is 19.8. The van der Waals surface area contributed by atoms with Gasteiger partial charge in [-0.1, -0.05) is 0 Å². The molecule has 2 fully saturated rings. The number of furan rings is 1.